The fourth-order valence-corrected chi connectivity index (χ4v) is 3.20. The first-order valence-electron chi connectivity index (χ1n) is 6.00. The van der Waals surface area contributed by atoms with Crippen LogP contribution in [-0.2, 0) is 0 Å². The molecule has 3 rings (SSSR count). The second kappa shape index (κ2) is 5.11. The van der Waals surface area contributed by atoms with E-state index in [9.17, 15) is 0 Å². The maximum atomic E-state index is 5.79. The largest absolute Gasteiger partial charge is 0.375 e. The highest BCUT2D eigenvalue weighted by Crippen LogP contribution is 2.34. The first-order chi connectivity index (χ1) is 9.25. The summed E-state index contributed by atoms with van der Waals surface area (Å²) in [5.41, 5.74) is 7.95. The number of hydrogen-bond acceptors (Lipinski definition) is 3. The lowest BCUT2D eigenvalue weighted by Gasteiger charge is -2.20. The van der Waals surface area contributed by atoms with Crippen LogP contribution in [0.15, 0.2) is 52.9 Å². The minimum absolute atomic E-state index is 0.132. The molecule has 0 amide bonds. The van der Waals surface area contributed by atoms with Gasteiger partial charge in [0.25, 0.3) is 0 Å². The standard InChI is InChI=1S/C14H13N3S2/c15-14(18)17-12(13-7-4-8-19-13)9-11(16-17)10-5-2-1-3-6-10/h1-8,12H,9H2,(H2,15,18)/t12-/m1/s1. The van der Waals surface area contributed by atoms with E-state index in [0.29, 0.717) is 5.11 Å². The summed E-state index contributed by atoms with van der Waals surface area (Å²) in [6.07, 6.45) is 0.835. The van der Waals surface area contributed by atoms with E-state index < -0.39 is 0 Å². The second-order valence-electron chi connectivity index (χ2n) is 4.33. The molecule has 0 fully saturated rings. The number of thiophene rings is 1. The summed E-state index contributed by atoms with van der Waals surface area (Å²) in [5.74, 6) is 0. The lowest BCUT2D eigenvalue weighted by atomic mass is 10.0. The van der Waals surface area contributed by atoms with Crippen molar-refractivity contribution in [3.05, 3.63) is 58.3 Å². The number of hydrazone groups is 1. The van der Waals surface area contributed by atoms with Crippen molar-refractivity contribution in [2.75, 3.05) is 0 Å². The van der Waals surface area contributed by atoms with Crippen molar-refractivity contribution in [1.82, 2.24) is 5.01 Å². The summed E-state index contributed by atoms with van der Waals surface area (Å²) in [6.45, 7) is 0. The molecule has 0 spiro atoms. The molecular formula is C14H13N3S2. The van der Waals surface area contributed by atoms with Crippen LogP contribution in [-0.4, -0.2) is 15.8 Å². The quantitative estimate of drug-likeness (QED) is 0.863. The zero-order valence-corrected chi connectivity index (χ0v) is 11.8. The molecule has 2 N–H and O–H groups in total. The summed E-state index contributed by atoms with van der Waals surface area (Å²) < 4.78 is 0. The summed E-state index contributed by atoms with van der Waals surface area (Å²) in [4.78, 5) is 1.24. The van der Waals surface area contributed by atoms with Gasteiger partial charge in [0.2, 0.25) is 0 Å². The van der Waals surface area contributed by atoms with Gasteiger partial charge in [-0.25, -0.2) is 5.01 Å². The smallest absolute Gasteiger partial charge is 0.187 e. The Morgan fingerprint density at radius 1 is 1.26 bits per heavy atom. The number of nitrogens with two attached hydrogens (primary N) is 1. The van der Waals surface area contributed by atoms with E-state index in [1.165, 1.54) is 4.88 Å². The minimum Gasteiger partial charge on any atom is -0.375 e. The van der Waals surface area contributed by atoms with Crippen LogP contribution >= 0.6 is 23.6 Å². The van der Waals surface area contributed by atoms with Crippen molar-refractivity contribution in [1.29, 1.82) is 0 Å². The Hall–Kier alpha value is -1.72. The highest BCUT2D eigenvalue weighted by Gasteiger charge is 2.30. The Morgan fingerprint density at radius 2 is 2.05 bits per heavy atom. The van der Waals surface area contributed by atoms with E-state index in [1.807, 2.05) is 24.3 Å². The van der Waals surface area contributed by atoms with Gasteiger partial charge < -0.3 is 5.73 Å². The monoisotopic (exact) mass is 287 g/mol. The van der Waals surface area contributed by atoms with Crippen LogP contribution in [0.2, 0.25) is 0 Å². The lowest BCUT2D eigenvalue weighted by Crippen LogP contribution is -2.31. The SMILES string of the molecule is NC(=S)N1N=C(c2ccccc2)C[C@@H]1c1cccs1. The molecule has 1 aliphatic rings. The number of thiocarbonyl (C=S) groups is 1. The maximum Gasteiger partial charge on any atom is 0.187 e. The molecule has 0 radical (unpaired) electrons. The molecule has 0 saturated heterocycles. The van der Waals surface area contributed by atoms with Gasteiger partial charge in [0.15, 0.2) is 5.11 Å². The molecule has 1 aromatic carbocycles. The van der Waals surface area contributed by atoms with Crippen molar-refractivity contribution in [2.45, 2.75) is 12.5 Å². The topological polar surface area (TPSA) is 41.6 Å². The van der Waals surface area contributed by atoms with Crippen molar-refractivity contribution in [3.8, 4) is 0 Å². The Kier molecular flexibility index (Phi) is 3.31. The first kappa shape index (κ1) is 12.3. The minimum atomic E-state index is 0.132. The average molecular weight is 287 g/mol. The predicted molar refractivity (Wildman–Crippen MR) is 83.3 cm³/mol. The third-order valence-electron chi connectivity index (χ3n) is 3.11. The van der Waals surface area contributed by atoms with Gasteiger partial charge in [-0.2, -0.15) is 5.10 Å². The average Bonchev–Trinajstić information content (AvgIpc) is 3.08. The van der Waals surface area contributed by atoms with Gasteiger partial charge in [-0.05, 0) is 29.2 Å². The maximum absolute atomic E-state index is 5.79. The molecule has 5 heteroatoms. The van der Waals surface area contributed by atoms with E-state index in [1.54, 1.807) is 16.3 Å². The molecule has 0 unspecified atom stereocenters. The van der Waals surface area contributed by atoms with Crippen molar-refractivity contribution in [3.63, 3.8) is 0 Å². The van der Waals surface area contributed by atoms with Crippen LogP contribution in [0.25, 0.3) is 0 Å². The predicted octanol–water partition coefficient (Wildman–Crippen LogP) is 3.14. The third-order valence-corrected chi connectivity index (χ3v) is 4.28. The molecule has 0 aliphatic carbocycles. The van der Waals surface area contributed by atoms with Crippen LogP contribution in [0.5, 0.6) is 0 Å². The van der Waals surface area contributed by atoms with Gasteiger partial charge in [0.1, 0.15) is 0 Å². The zero-order valence-electron chi connectivity index (χ0n) is 10.2. The Labute approximate surface area is 121 Å². The van der Waals surface area contributed by atoms with E-state index in [2.05, 4.69) is 28.7 Å². The highest BCUT2D eigenvalue weighted by molar-refractivity contribution is 7.80. The fraction of sp³-hybridized carbons (Fsp3) is 0.143. The van der Waals surface area contributed by atoms with Crippen LogP contribution in [0, 0.1) is 0 Å². The number of benzene rings is 1. The summed E-state index contributed by atoms with van der Waals surface area (Å²) in [5, 5.41) is 8.73. The van der Waals surface area contributed by atoms with Crippen LogP contribution in [0.4, 0.5) is 0 Å². The van der Waals surface area contributed by atoms with Gasteiger partial charge in [-0.15, -0.1) is 11.3 Å². The van der Waals surface area contributed by atoms with Gasteiger partial charge in [0.05, 0.1) is 11.8 Å². The number of hydrogen-bond donors (Lipinski definition) is 1. The summed E-state index contributed by atoms with van der Waals surface area (Å²) >= 11 is 6.82. The molecule has 19 heavy (non-hydrogen) atoms. The molecular weight excluding hydrogens is 274 g/mol. The summed E-state index contributed by atoms with van der Waals surface area (Å²) in [7, 11) is 0. The highest BCUT2D eigenvalue weighted by atomic mass is 32.1. The molecule has 1 aliphatic heterocycles. The molecule has 3 nitrogen and oxygen atoms in total. The second-order valence-corrected chi connectivity index (χ2v) is 5.73. The van der Waals surface area contributed by atoms with Crippen LogP contribution in [0.3, 0.4) is 0 Å². The van der Waals surface area contributed by atoms with Crippen molar-refractivity contribution < 1.29 is 0 Å². The van der Waals surface area contributed by atoms with Crippen molar-refractivity contribution >= 4 is 34.4 Å². The fourth-order valence-electron chi connectivity index (χ4n) is 2.22. The zero-order chi connectivity index (χ0) is 13.2. The van der Waals surface area contributed by atoms with E-state index >= 15 is 0 Å². The first-order valence-corrected chi connectivity index (χ1v) is 7.29. The van der Waals surface area contributed by atoms with E-state index in [4.69, 9.17) is 18.0 Å². The molecule has 0 bridgehead atoms. The Morgan fingerprint density at radius 3 is 2.68 bits per heavy atom. The Balaban J connectivity index is 1.94. The van der Waals surface area contributed by atoms with Gasteiger partial charge in [-0.3, -0.25) is 0 Å². The van der Waals surface area contributed by atoms with E-state index in [0.717, 1.165) is 17.7 Å². The van der Waals surface area contributed by atoms with Crippen LogP contribution in [0.1, 0.15) is 22.9 Å². The third kappa shape index (κ3) is 2.39. The molecule has 2 aromatic rings. The molecule has 96 valence electrons. The van der Waals surface area contributed by atoms with Crippen molar-refractivity contribution in [2.24, 2.45) is 10.8 Å². The molecule has 1 atom stereocenters. The van der Waals surface area contributed by atoms with E-state index in [-0.39, 0.29) is 6.04 Å². The number of nitrogens with zero attached hydrogens (tertiary/aromatic N) is 2. The lowest BCUT2D eigenvalue weighted by molar-refractivity contribution is 0.378. The normalized spacial score (nSPS) is 18.4. The molecule has 1 aromatic heterocycles. The van der Waals surface area contributed by atoms with Crippen LogP contribution < -0.4 is 5.73 Å². The van der Waals surface area contributed by atoms with Gasteiger partial charge in [-0.1, -0.05) is 36.4 Å². The molecule has 0 saturated carbocycles. The van der Waals surface area contributed by atoms with Gasteiger partial charge in [0, 0.05) is 11.3 Å². The summed E-state index contributed by atoms with van der Waals surface area (Å²) in [6, 6.07) is 14.4. The Bertz CT molecular complexity index is 605. The van der Waals surface area contributed by atoms with Gasteiger partial charge >= 0.3 is 0 Å². The molecule has 2 heterocycles. The number of rotatable bonds is 2.